The maximum absolute atomic E-state index is 5.40. The molecule has 1 rings (SSSR count). The number of aromatic nitrogens is 1. The molecule has 102 valence electrons. The van der Waals surface area contributed by atoms with Crippen molar-refractivity contribution in [1.29, 1.82) is 0 Å². The number of anilines is 1. The molecule has 0 aliphatic carbocycles. The molecule has 4 nitrogen and oxygen atoms in total. The Morgan fingerprint density at radius 1 is 1.39 bits per heavy atom. The minimum atomic E-state index is 0.759. The zero-order valence-electron chi connectivity index (χ0n) is 12.0. The van der Waals surface area contributed by atoms with Gasteiger partial charge in [0, 0.05) is 49.9 Å². The average molecular weight is 251 g/mol. The number of hydrogen-bond acceptors (Lipinski definition) is 4. The van der Waals surface area contributed by atoms with Crippen molar-refractivity contribution in [3.05, 3.63) is 23.5 Å². The standard InChI is InChI=1S/C14H25N3O/c1-5-15-10-13-11-16-12(3)9-14(13)17(4)7-8-18-6-2/h9,11,15H,5-8,10H2,1-4H3. The number of likely N-dealkylation sites (N-methyl/N-ethyl adjacent to an activating group) is 1. The Bertz CT molecular complexity index is 355. The van der Waals surface area contributed by atoms with E-state index in [2.05, 4.69) is 35.2 Å². The molecule has 0 aliphatic rings. The molecule has 1 aromatic heterocycles. The van der Waals surface area contributed by atoms with Crippen molar-refractivity contribution >= 4 is 5.69 Å². The van der Waals surface area contributed by atoms with E-state index >= 15 is 0 Å². The Labute approximate surface area is 110 Å². The molecule has 0 aliphatic heterocycles. The van der Waals surface area contributed by atoms with Gasteiger partial charge in [0.15, 0.2) is 0 Å². The lowest BCUT2D eigenvalue weighted by atomic mass is 10.2. The highest BCUT2D eigenvalue weighted by Crippen LogP contribution is 2.19. The van der Waals surface area contributed by atoms with E-state index in [-0.39, 0.29) is 0 Å². The molecule has 0 spiro atoms. The Morgan fingerprint density at radius 3 is 2.83 bits per heavy atom. The SMILES string of the molecule is CCNCc1cnc(C)cc1N(C)CCOCC. The van der Waals surface area contributed by atoms with Crippen molar-refractivity contribution in [1.82, 2.24) is 10.3 Å². The second-order valence-corrected chi connectivity index (χ2v) is 4.35. The van der Waals surface area contributed by atoms with Crippen LogP contribution in [-0.4, -0.2) is 38.3 Å². The van der Waals surface area contributed by atoms with Crippen LogP contribution in [0.3, 0.4) is 0 Å². The van der Waals surface area contributed by atoms with Crippen molar-refractivity contribution in [2.75, 3.05) is 38.3 Å². The monoisotopic (exact) mass is 251 g/mol. The van der Waals surface area contributed by atoms with Crippen molar-refractivity contribution in [2.24, 2.45) is 0 Å². The van der Waals surface area contributed by atoms with Crippen LogP contribution in [0.1, 0.15) is 25.1 Å². The molecular weight excluding hydrogens is 226 g/mol. The third kappa shape index (κ3) is 4.63. The van der Waals surface area contributed by atoms with Crippen molar-refractivity contribution < 1.29 is 4.74 Å². The lowest BCUT2D eigenvalue weighted by Gasteiger charge is -2.22. The van der Waals surface area contributed by atoms with Gasteiger partial charge in [-0.15, -0.1) is 0 Å². The van der Waals surface area contributed by atoms with E-state index in [0.29, 0.717) is 0 Å². The number of hydrogen-bond donors (Lipinski definition) is 1. The van der Waals surface area contributed by atoms with E-state index in [0.717, 1.165) is 38.5 Å². The van der Waals surface area contributed by atoms with Gasteiger partial charge in [0.2, 0.25) is 0 Å². The summed E-state index contributed by atoms with van der Waals surface area (Å²) < 4.78 is 5.40. The predicted octanol–water partition coefficient (Wildman–Crippen LogP) is 1.97. The molecule has 4 heteroatoms. The Balaban J connectivity index is 2.73. The number of pyridine rings is 1. The van der Waals surface area contributed by atoms with E-state index in [4.69, 9.17) is 4.74 Å². The van der Waals surface area contributed by atoms with E-state index in [9.17, 15) is 0 Å². The number of rotatable bonds is 8. The Morgan fingerprint density at radius 2 is 2.17 bits per heavy atom. The van der Waals surface area contributed by atoms with Gasteiger partial charge in [-0.2, -0.15) is 0 Å². The third-order valence-corrected chi connectivity index (χ3v) is 2.85. The van der Waals surface area contributed by atoms with Crippen LogP contribution in [0.4, 0.5) is 5.69 Å². The predicted molar refractivity (Wildman–Crippen MR) is 76.1 cm³/mol. The van der Waals surface area contributed by atoms with E-state index in [1.807, 2.05) is 20.0 Å². The van der Waals surface area contributed by atoms with Gasteiger partial charge in [-0.25, -0.2) is 0 Å². The maximum Gasteiger partial charge on any atom is 0.0641 e. The van der Waals surface area contributed by atoms with Gasteiger partial charge < -0.3 is 15.0 Å². The Kier molecular flexibility index (Phi) is 6.68. The van der Waals surface area contributed by atoms with Gasteiger partial charge in [-0.3, -0.25) is 4.98 Å². The normalized spacial score (nSPS) is 10.7. The molecule has 0 aromatic carbocycles. The van der Waals surface area contributed by atoms with Gasteiger partial charge in [0.1, 0.15) is 0 Å². The second kappa shape index (κ2) is 8.06. The van der Waals surface area contributed by atoms with Gasteiger partial charge in [0.05, 0.1) is 6.61 Å². The van der Waals surface area contributed by atoms with Crippen LogP contribution in [0.5, 0.6) is 0 Å². The fraction of sp³-hybridized carbons (Fsp3) is 0.643. The molecule has 1 aromatic rings. The highest BCUT2D eigenvalue weighted by Gasteiger charge is 2.08. The fourth-order valence-corrected chi connectivity index (χ4v) is 1.79. The van der Waals surface area contributed by atoms with Crippen LogP contribution in [-0.2, 0) is 11.3 Å². The minimum Gasteiger partial charge on any atom is -0.380 e. The van der Waals surface area contributed by atoms with Gasteiger partial charge >= 0.3 is 0 Å². The highest BCUT2D eigenvalue weighted by atomic mass is 16.5. The molecule has 0 saturated carbocycles. The van der Waals surface area contributed by atoms with Gasteiger partial charge in [0.25, 0.3) is 0 Å². The summed E-state index contributed by atoms with van der Waals surface area (Å²) in [4.78, 5) is 6.61. The van der Waals surface area contributed by atoms with Gasteiger partial charge in [-0.1, -0.05) is 6.92 Å². The zero-order valence-corrected chi connectivity index (χ0v) is 12.0. The average Bonchev–Trinajstić information content (AvgIpc) is 2.37. The summed E-state index contributed by atoms with van der Waals surface area (Å²) in [6, 6.07) is 2.14. The Hall–Kier alpha value is -1.13. The molecule has 18 heavy (non-hydrogen) atoms. The smallest absolute Gasteiger partial charge is 0.0641 e. The molecule has 0 radical (unpaired) electrons. The first-order chi connectivity index (χ1) is 8.69. The van der Waals surface area contributed by atoms with Crippen molar-refractivity contribution in [3.8, 4) is 0 Å². The molecule has 1 heterocycles. The molecule has 0 fully saturated rings. The van der Waals surface area contributed by atoms with Crippen LogP contribution >= 0.6 is 0 Å². The maximum atomic E-state index is 5.40. The van der Waals surface area contributed by atoms with Crippen LogP contribution in [0.2, 0.25) is 0 Å². The molecule has 0 saturated heterocycles. The number of aryl methyl sites for hydroxylation is 1. The number of ether oxygens (including phenoxy) is 1. The van der Waals surface area contributed by atoms with Crippen molar-refractivity contribution in [2.45, 2.75) is 27.3 Å². The molecular formula is C14H25N3O. The number of nitrogens with zero attached hydrogens (tertiary/aromatic N) is 2. The van der Waals surface area contributed by atoms with E-state index in [1.54, 1.807) is 0 Å². The molecule has 0 bridgehead atoms. The number of nitrogens with one attached hydrogen (secondary N) is 1. The van der Waals surface area contributed by atoms with E-state index in [1.165, 1.54) is 11.3 Å². The molecule has 0 unspecified atom stereocenters. The topological polar surface area (TPSA) is 37.4 Å². The first-order valence-corrected chi connectivity index (χ1v) is 6.64. The molecule has 0 amide bonds. The fourth-order valence-electron chi connectivity index (χ4n) is 1.79. The summed E-state index contributed by atoms with van der Waals surface area (Å²) in [6.45, 7) is 10.4. The largest absolute Gasteiger partial charge is 0.380 e. The summed E-state index contributed by atoms with van der Waals surface area (Å²) in [7, 11) is 2.10. The van der Waals surface area contributed by atoms with Crippen LogP contribution < -0.4 is 10.2 Å². The second-order valence-electron chi connectivity index (χ2n) is 4.35. The van der Waals surface area contributed by atoms with Crippen LogP contribution in [0.25, 0.3) is 0 Å². The summed E-state index contributed by atoms with van der Waals surface area (Å²) in [5.74, 6) is 0. The summed E-state index contributed by atoms with van der Waals surface area (Å²) in [6.07, 6.45) is 1.96. The lowest BCUT2D eigenvalue weighted by molar-refractivity contribution is 0.154. The zero-order chi connectivity index (χ0) is 13.4. The quantitative estimate of drug-likeness (QED) is 0.717. The highest BCUT2D eigenvalue weighted by molar-refractivity contribution is 5.53. The third-order valence-electron chi connectivity index (χ3n) is 2.85. The van der Waals surface area contributed by atoms with Gasteiger partial charge in [-0.05, 0) is 26.5 Å². The minimum absolute atomic E-state index is 0.759. The van der Waals surface area contributed by atoms with E-state index < -0.39 is 0 Å². The summed E-state index contributed by atoms with van der Waals surface area (Å²) >= 11 is 0. The molecule has 1 N–H and O–H groups in total. The summed E-state index contributed by atoms with van der Waals surface area (Å²) in [5, 5.41) is 3.35. The van der Waals surface area contributed by atoms with Crippen molar-refractivity contribution in [3.63, 3.8) is 0 Å². The summed E-state index contributed by atoms with van der Waals surface area (Å²) in [5.41, 5.74) is 3.53. The first-order valence-electron chi connectivity index (χ1n) is 6.64. The van der Waals surface area contributed by atoms with Crippen LogP contribution in [0, 0.1) is 6.92 Å². The first kappa shape index (κ1) is 14.9. The molecule has 0 atom stereocenters. The van der Waals surface area contributed by atoms with Crippen LogP contribution in [0.15, 0.2) is 12.3 Å². The lowest BCUT2D eigenvalue weighted by Crippen LogP contribution is -2.25.